The predicted molar refractivity (Wildman–Crippen MR) is 77.4 cm³/mol. The Kier molecular flexibility index (Phi) is 4.87. The normalized spacial score (nSPS) is 9.94. The Bertz CT molecular complexity index is 511. The Morgan fingerprint density at radius 1 is 0.889 bits per heavy atom. The number of nitrogens with zero attached hydrogens (tertiary/aromatic N) is 1. The first kappa shape index (κ1) is 12.7. The van der Waals surface area contributed by atoms with E-state index < -0.39 is 0 Å². The Labute approximate surface area is 112 Å². The molecule has 0 amide bonds. The van der Waals surface area contributed by atoms with Gasteiger partial charge >= 0.3 is 0 Å². The number of rotatable bonds is 5. The van der Waals surface area contributed by atoms with Gasteiger partial charge in [-0.3, -0.25) is 0 Å². The number of unbranched alkanes of at least 4 members (excludes halogenated alkanes) is 1. The summed E-state index contributed by atoms with van der Waals surface area (Å²) in [6.07, 6.45) is 1.61. The van der Waals surface area contributed by atoms with E-state index in [1.165, 1.54) is 16.0 Å². The topological polar surface area (TPSA) is 23.8 Å². The molecule has 2 rings (SSSR count). The average molecular weight is 253 g/mol. The maximum absolute atomic E-state index is 8.47. The van der Waals surface area contributed by atoms with Crippen LogP contribution in [-0.2, 0) is 0 Å². The smallest absolute Gasteiger partial charge is 0.0622 e. The van der Waals surface area contributed by atoms with Crippen LogP contribution in [0.5, 0.6) is 0 Å². The van der Waals surface area contributed by atoms with Gasteiger partial charge < -0.3 is 0 Å². The minimum atomic E-state index is 0.648. The van der Waals surface area contributed by atoms with E-state index >= 15 is 0 Å². The second kappa shape index (κ2) is 6.88. The van der Waals surface area contributed by atoms with E-state index in [4.69, 9.17) is 5.26 Å². The lowest BCUT2D eigenvalue weighted by molar-refractivity contribution is 0.981. The molecular formula is C16H15NS. The lowest BCUT2D eigenvalue weighted by atomic mass is 10.1. The summed E-state index contributed by atoms with van der Waals surface area (Å²) in [5, 5.41) is 8.47. The summed E-state index contributed by atoms with van der Waals surface area (Å²) in [7, 11) is 0. The van der Waals surface area contributed by atoms with Crippen molar-refractivity contribution in [1.29, 1.82) is 5.26 Å². The molecule has 0 saturated heterocycles. The molecule has 0 N–H and O–H groups in total. The third-order valence-electron chi connectivity index (χ3n) is 2.66. The van der Waals surface area contributed by atoms with Crippen molar-refractivity contribution < 1.29 is 0 Å². The molecule has 0 spiro atoms. The molecule has 0 saturated carbocycles. The Balaban J connectivity index is 1.96. The Hall–Kier alpha value is -1.72. The SMILES string of the molecule is N#CCCCSc1ccc(-c2ccccc2)cc1. The van der Waals surface area contributed by atoms with Gasteiger partial charge in [-0.2, -0.15) is 5.26 Å². The van der Waals surface area contributed by atoms with Gasteiger partial charge in [0.2, 0.25) is 0 Å². The molecule has 2 heteroatoms. The van der Waals surface area contributed by atoms with Gasteiger partial charge in [-0.25, -0.2) is 0 Å². The minimum Gasteiger partial charge on any atom is -0.198 e. The fraction of sp³-hybridized carbons (Fsp3) is 0.188. The highest BCUT2D eigenvalue weighted by atomic mass is 32.2. The van der Waals surface area contributed by atoms with Crippen molar-refractivity contribution in [2.24, 2.45) is 0 Å². The first-order valence-electron chi connectivity index (χ1n) is 6.05. The summed E-state index contributed by atoms with van der Waals surface area (Å²) in [5.41, 5.74) is 2.50. The largest absolute Gasteiger partial charge is 0.198 e. The van der Waals surface area contributed by atoms with Gasteiger partial charge in [0.25, 0.3) is 0 Å². The van der Waals surface area contributed by atoms with Crippen LogP contribution in [0.2, 0.25) is 0 Å². The highest BCUT2D eigenvalue weighted by molar-refractivity contribution is 7.99. The summed E-state index contributed by atoms with van der Waals surface area (Å²) in [5.74, 6) is 1.01. The summed E-state index contributed by atoms with van der Waals surface area (Å²) >= 11 is 1.81. The molecule has 0 atom stereocenters. The molecule has 0 aliphatic rings. The molecule has 0 unspecified atom stereocenters. The summed E-state index contributed by atoms with van der Waals surface area (Å²) < 4.78 is 0. The third kappa shape index (κ3) is 3.65. The van der Waals surface area contributed by atoms with E-state index in [1.54, 1.807) is 0 Å². The molecule has 18 heavy (non-hydrogen) atoms. The predicted octanol–water partition coefficient (Wildman–Crippen LogP) is 4.75. The van der Waals surface area contributed by atoms with Crippen molar-refractivity contribution in [1.82, 2.24) is 0 Å². The van der Waals surface area contributed by atoms with Crippen molar-refractivity contribution >= 4 is 11.8 Å². The molecule has 0 bridgehead atoms. The highest BCUT2D eigenvalue weighted by Gasteiger charge is 1.98. The van der Waals surface area contributed by atoms with Crippen molar-refractivity contribution in [3.05, 3.63) is 54.6 Å². The van der Waals surface area contributed by atoms with Crippen molar-refractivity contribution in [3.8, 4) is 17.2 Å². The van der Waals surface area contributed by atoms with Gasteiger partial charge in [-0.05, 0) is 35.4 Å². The van der Waals surface area contributed by atoms with E-state index in [2.05, 4.69) is 54.6 Å². The summed E-state index contributed by atoms with van der Waals surface area (Å²) in [4.78, 5) is 1.27. The first-order chi connectivity index (χ1) is 8.90. The van der Waals surface area contributed by atoms with E-state index in [1.807, 2.05) is 17.8 Å². The van der Waals surface area contributed by atoms with Gasteiger partial charge in [0.1, 0.15) is 0 Å². The second-order valence-electron chi connectivity index (χ2n) is 4.00. The number of nitriles is 1. The van der Waals surface area contributed by atoms with Crippen LogP contribution in [0.15, 0.2) is 59.5 Å². The maximum Gasteiger partial charge on any atom is 0.0622 e. The zero-order valence-corrected chi connectivity index (χ0v) is 11.0. The molecule has 0 radical (unpaired) electrons. The average Bonchev–Trinajstić information content (AvgIpc) is 2.45. The number of hydrogen-bond donors (Lipinski definition) is 0. The van der Waals surface area contributed by atoms with Crippen molar-refractivity contribution in [3.63, 3.8) is 0 Å². The van der Waals surface area contributed by atoms with Crippen LogP contribution in [0.4, 0.5) is 0 Å². The zero-order valence-electron chi connectivity index (χ0n) is 10.2. The molecule has 0 aliphatic heterocycles. The quantitative estimate of drug-likeness (QED) is 0.567. The van der Waals surface area contributed by atoms with Crippen LogP contribution >= 0.6 is 11.8 Å². The monoisotopic (exact) mass is 253 g/mol. The van der Waals surface area contributed by atoms with E-state index in [0.717, 1.165) is 12.2 Å². The molecular weight excluding hydrogens is 238 g/mol. The van der Waals surface area contributed by atoms with Crippen LogP contribution < -0.4 is 0 Å². The van der Waals surface area contributed by atoms with Crippen molar-refractivity contribution in [2.75, 3.05) is 5.75 Å². The van der Waals surface area contributed by atoms with Gasteiger partial charge in [-0.15, -0.1) is 11.8 Å². The lowest BCUT2D eigenvalue weighted by Gasteiger charge is -2.03. The molecule has 1 nitrogen and oxygen atoms in total. The summed E-state index contributed by atoms with van der Waals surface area (Å²) in [6, 6.07) is 21.2. The minimum absolute atomic E-state index is 0.648. The zero-order chi connectivity index (χ0) is 12.6. The fourth-order valence-corrected chi connectivity index (χ4v) is 2.57. The lowest BCUT2D eigenvalue weighted by Crippen LogP contribution is -1.80. The summed E-state index contributed by atoms with van der Waals surface area (Å²) in [6.45, 7) is 0. The molecule has 0 fully saturated rings. The Morgan fingerprint density at radius 2 is 1.56 bits per heavy atom. The van der Waals surface area contributed by atoms with Crippen LogP contribution in [0.3, 0.4) is 0 Å². The Morgan fingerprint density at radius 3 is 2.22 bits per heavy atom. The standard InChI is InChI=1S/C16H15NS/c17-12-4-5-13-18-16-10-8-15(9-11-16)14-6-2-1-3-7-14/h1-3,6-11H,4-5,13H2. The number of hydrogen-bond acceptors (Lipinski definition) is 2. The number of benzene rings is 2. The molecule has 2 aromatic rings. The van der Waals surface area contributed by atoms with Crippen molar-refractivity contribution in [2.45, 2.75) is 17.7 Å². The first-order valence-corrected chi connectivity index (χ1v) is 7.04. The molecule has 0 heterocycles. The molecule has 0 aromatic heterocycles. The van der Waals surface area contributed by atoms with E-state index in [9.17, 15) is 0 Å². The number of thioether (sulfide) groups is 1. The van der Waals surface area contributed by atoms with E-state index in [-0.39, 0.29) is 0 Å². The van der Waals surface area contributed by atoms with Gasteiger partial charge in [0, 0.05) is 11.3 Å². The maximum atomic E-state index is 8.47. The van der Waals surface area contributed by atoms with Crippen LogP contribution in [0.25, 0.3) is 11.1 Å². The van der Waals surface area contributed by atoms with Gasteiger partial charge in [0.05, 0.1) is 6.07 Å². The van der Waals surface area contributed by atoms with Crippen LogP contribution in [0.1, 0.15) is 12.8 Å². The molecule has 2 aromatic carbocycles. The third-order valence-corrected chi connectivity index (χ3v) is 3.76. The van der Waals surface area contributed by atoms with E-state index in [0.29, 0.717) is 6.42 Å². The fourth-order valence-electron chi connectivity index (χ4n) is 1.72. The molecule has 90 valence electrons. The van der Waals surface area contributed by atoms with Crippen LogP contribution in [0, 0.1) is 11.3 Å². The highest BCUT2D eigenvalue weighted by Crippen LogP contribution is 2.24. The second-order valence-corrected chi connectivity index (χ2v) is 5.17. The van der Waals surface area contributed by atoms with Gasteiger partial charge in [0.15, 0.2) is 0 Å². The van der Waals surface area contributed by atoms with Crippen LogP contribution in [-0.4, -0.2) is 5.75 Å². The van der Waals surface area contributed by atoms with Gasteiger partial charge in [-0.1, -0.05) is 42.5 Å². The molecule has 0 aliphatic carbocycles.